The quantitative estimate of drug-likeness (QED) is 0.337. The second-order valence-electron chi connectivity index (χ2n) is 6.80. The molecule has 0 unspecified atom stereocenters. The standard InChI is InChI=1S/C25H20Br2N2O2/c1-17-2-13-22(28-24(30)14-7-18-3-9-20(26)10-4-18)23(16-17)29-25(31)15-8-19-5-11-21(27)12-6-19/h2-16H,1H3,(H,28,30)(H,29,31). The first-order valence-electron chi connectivity index (χ1n) is 9.49. The Hall–Kier alpha value is -2.96. The molecule has 0 aliphatic heterocycles. The van der Waals surface area contributed by atoms with E-state index in [1.165, 1.54) is 12.2 Å². The van der Waals surface area contributed by atoms with Crippen molar-refractivity contribution in [1.82, 2.24) is 0 Å². The van der Waals surface area contributed by atoms with Crippen molar-refractivity contribution < 1.29 is 9.59 Å². The summed E-state index contributed by atoms with van der Waals surface area (Å²) in [5.74, 6) is -0.568. The summed E-state index contributed by atoms with van der Waals surface area (Å²) in [7, 11) is 0. The molecule has 3 rings (SSSR count). The summed E-state index contributed by atoms with van der Waals surface area (Å²) in [6.45, 7) is 1.92. The monoisotopic (exact) mass is 538 g/mol. The molecule has 4 nitrogen and oxygen atoms in total. The van der Waals surface area contributed by atoms with Crippen LogP contribution >= 0.6 is 31.9 Å². The van der Waals surface area contributed by atoms with Gasteiger partial charge in [0.2, 0.25) is 11.8 Å². The summed E-state index contributed by atoms with van der Waals surface area (Å²) in [6, 6.07) is 20.7. The van der Waals surface area contributed by atoms with Crippen LogP contribution in [0.2, 0.25) is 0 Å². The molecule has 0 atom stereocenters. The lowest BCUT2D eigenvalue weighted by atomic mass is 10.1. The van der Waals surface area contributed by atoms with Crippen molar-refractivity contribution in [2.24, 2.45) is 0 Å². The van der Waals surface area contributed by atoms with Crippen molar-refractivity contribution in [3.8, 4) is 0 Å². The van der Waals surface area contributed by atoms with Crippen LogP contribution < -0.4 is 10.6 Å². The van der Waals surface area contributed by atoms with E-state index >= 15 is 0 Å². The summed E-state index contributed by atoms with van der Waals surface area (Å²) >= 11 is 6.77. The van der Waals surface area contributed by atoms with E-state index in [4.69, 9.17) is 0 Å². The number of rotatable bonds is 6. The zero-order valence-corrected chi connectivity index (χ0v) is 19.9. The van der Waals surface area contributed by atoms with Gasteiger partial charge in [-0.1, -0.05) is 62.2 Å². The molecule has 3 aromatic carbocycles. The first-order valence-corrected chi connectivity index (χ1v) is 11.1. The molecule has 31 heavy (non-hydrogen) atoms. The molecule has 0 fully saturated rings. The topological polar surface area (TPSA) is 58.2 Å². The van der Waals surface area contributed by atoms with Gasteiger partial charge in [-0.15, -0.1) is 0 Å². The minimum Gasteiger partial charge on any atom is -0.321 e. The molecule has 0 radical (unpaired) electrons. The van der Waals surface area contributed by atoms with Gasteiger partial charge in [0.25, 0.3) is 0 Å². The average molecular weight is 540 g/mol. The zero-order valence-electron chi connectivity index (χ0n) is 16.7. The van der Waals surface area contributed by atoms with E-state index in [1.807, 2.05) is 67.6 Å². The molecule has 2 amide bonds. The van der Waals surface area contributed by atoms with Crippen LogP contribution in [0.3, 0.4) is 0 Å². The lowest BCUT2D eigenvalue weighted by Gasteiger charge is -2.11. The van der Waals surface area contributed by atoms with Gasteiger partial charge < -0.3 is 10.6 Å². The van der Waals surface area contributed by atoms with Gasteiger partial charge in [-0.2, -0.15) is 0 Å². The minimum absolute atomic E-state index is 0.283. The van der Waals surface area contributed by atoms with Crippen molar-refractivity contribution in [2.45, 2.75) is 6.92 Å². The van der Waals surface area contributed by atoms with E-state index in [0.717, 1.165) is 25.6 Å². The second-order valence-corrected chi connectivity index (χ2v) is 8.63. The number of amides is 2. The Morgan fingerprint density at radius 2 is 1.13 bits per heavy atom. The third kappa shape index (κ3) is 7.35. The Bertz CT molecular complexity index is 1140. The maximum atomic E-state index is 12.4. The van der Waals surface area contributed by atoms with Crippen molar-refractivity contribution in [2.75, 3.05) is 10.6 Å². The van der Waals surface area contributed by atoms with Gasteiger partial charge in [0.05, 0.1) is 11.4 Å². The number of anilines is 2. The number of benzene rings is 3. The summed E-state index contributed by atoms with van der Waals surface area (Å²) in [4.78, 5) is 24.8. The molecule has 156 valence electrons. The highest BCUT2D eigenvalue weighted by Gasteiger charge is 2.08. The van der Waals surface area contributed by atoms with Gasteiger partial charge in [0.15, 0.2) is 0 Å². The van der Waals surface area contributed by atoms with Gasteiger partial charge in [-0.05, 0) is 72.2 Å². The molecular formula is C25H20Br2N2O2. The van der Waals surface area contributed by atoms with Crippen LogP contribution in [0.4, 0.5) is 11.4 Å². The van der Waals surface area contributed by atoms with E-state index in [2.05, 4.69) is 42.5 Å². The van der Waals surface area contributed by atoms with Crippen molar-refractivity contribution in [1.29, 1.82) is 0 Å². The number of aryl methyl sites for hydroxylation is 1. The molecule has 6 heteroatoms. The predicted octanol–water partition coefficient (Wildman–Crippen LogP) is 6.82. The largest absolute Gasteiger partial charge is 0.321 e. The van der Waals surface area contributed by atoms with Crippen LogP contribution in [0.1, 0.15) is 16.7 Å². The highest BCUT2D eigenvalue weighted by molar-refractivity contribution is 9.10. The summed E-state index contributed by atoms with van der Waals surface area (Å²) < 4.78 is 1.95. The Morgan fingerprint density at radius 1 is 0.677 bits per heavy atom. The fourth-order valence-corrected chi connectivity index (χ4v) is 3.24. The van der Waals surface area contributed by atoms with Crippen LogP contribution in [-0.4, -0.2) is 11.8 Å². The zero-order chi connectivity index (χ0) is 22.2. The third-order valence-electron chi connectivity index (χ3n) is 4.29. The van der Waals surface area contributed by atoms with Crippen LogP contribution in [0, 0.1) is 6.92 Å². The molecule has 0 heterocycles. The summed E-state index contributed by atoms with van der Waals surface area (Å²) in [5, 5.41) is 5.67. The molecule has 0 aliphatic rings. The molecule has 0 aromatic heterocycles. The lowest BCUT2D eigenvalue weighted by Crippen LogP contribution is -2.13. The Kier molecular flexibility index (Phi) is 7.98. The van der Waals surface area contributed by atoms with E-state index in [-0.39, 0.29) is 11.8 Å². The van der Waals surface area contributed by atoms with Crippen LogP contribution in [0.5, 0.6) is 0 Å². The molecule has 0 aliphatic carbocycles. The van der Waals surface area contributed by atoms with Gasteiger partial charge in [-0.25, -0.2) is 0 Å². The summed E-state index contributed by atoms with van der Waals surface area (Å²) in [6.07, 6.45) is 6.39. The summed E-state index contributed by atoms with van der Waals surface area (Å²) in [5.41, 5.74) is 3.86. The Labute approximate surface area is 198 Å². The average Bonchev–Trinajstić information content (AvgIpc) is 2.75. The van der Waals surface area contributed by atoms with Gasteiger partial charge in [0, 0.05) is 21.1 Å². The van der Waals surface area contributed by atoms with Crippen LogP contribution in [0.25, 0.3) is 12.2 Å². The normalized spacial score (nSPS) is 11.1. The third-order valence-corrected chi connectivity index (χ3v) is 5.34. The first kappa shape index (κ1) is 22.7. The van der Waals surface area contributed by atoms with E-state index < -0.39 is 0 Å². The molecular weight excluding hydrogens is 520 g/mol. The first-order chi connectivity index (χ1) is 14.9. The lowest BCUT2D eigenvalue weighted by molar-refractivity contribution is -0.112. The second kappa shape index (κ2) is 10.9. The fraction of sp³-hybridized carbons (Fsp3) is 0.0400. The minimum atomic E-state index is -0.285. The molecule has 3 aromatic rings. The van der Waals surface area contributed by atoms with E-state index in [0.29, 0.717) is 11.4 Å². The smallest absolute Gasteiger partial charge is 0.248 e. The maximum absolute atomic E-state index is 12.4. The molecule has 0 saturated carbocycles. The molecule has 0 saturated heterocycles. The SMILES string of the molecule is Cc1ccc(NC(=O)C=Cc2ccc(Br)cc2)c(NC(=O)C=Cc2ccc(Br)cc2)c1. The fourth-order valence-electron chi connectivity index (χ4n) is 2.71. The molecule has 0 spiro atoms. The predicted molar refractivity (Wildman–Crippen MR) is 135 cm³/mol. The van der Waals surface area contributed by atoms with Gasteiger partial charge in [-0.3, -0.25) is 9.59 Å². The highest BCUT2D eigenvalue weighted by Crippen LogP contribution is 2.23. The van der Waals surface area contributed by atoms with Crippen molar-refractivity contribution in [3.63, 3.8) is 0 Å². The van der Waals surface area contributed by atoms with Gasteiger partial charge in [0.1, 0.15) is 0 Å². The van der Waals surface area contributed by atoms with Crippen molar-refractivity contribution >= 4 is 67.2 Å². The van der Waals surface area contributed by atoms with E-state index in [9.17, 15) is 9.59 Å². The Balaban J connectivity index is 1.68. The molecule has 2 N–H and O–H groups in total. The number of nitrogens with one attached hydrogen (secondary N) is 2. The van der Waals surface area contributed by atoms with E-state index in [1.54, 1.807) is 18.2 Å². The number of carbonyl (C=O) groups excluding carboxylic acids is 2. The highest BCUT2D eigenvalue weighted by atomic mass is 79.9. The molecule has 0 bridgehead atoms. The number of carbonyl (C=O) groups is 2. The number of halogens is 2. The van der Waals surface area contributed by atoms with Gasteiger partial charge >= 0.3 is 0 Å². The van der Waals surface area contributed by atoms with Crippen LogP contribution in [-0.2, 0) is 9.59 Å². The number of hydrogen-bond donors (Lipinski definition) is 2. The van der Waals surface area contributed by atoms with Crippen molar-refractivity contribution in [3.05, 3.63) is 105 Å². The maximum Gasteiger partial charge on any atom is 0.248 e. The van der Waals surface area contributed by atoms with Crippen LogP contribution in [0.15, 0.2) is 87.8 Å². The Morgan fingerprint density at radius 3 is 1.61 bits per heavy atom. The number of hydrogen-bond acceptors (Lipinski definition) is 2.